The molecule has 2 heteroatoms. The fourth-order valence-electron chi connectivity index (χ4n) is 0. The molecule has 0 aliphatic carbocycles. The summed E-state index contributed by atoms with van der Waals surface area (Å²) in [5.74, 6) is 0. The van der Waals surface area contributed by atoms with Crippen molar-refractivity contribution >= 4 is 20.5 Å². The Labute approximate surface area is 39.8 Å². The molecule has 0 aliphatic heterocycles. The van der Waals surface area contributed by atoms with Crippen molar-refractivity contribution in [2.24, 2.45) is 0 Å². The molecule has 0 fully saturated rings. The van der Waals surface area contributed by atoms with Gasteiger partial charge < -0.3 is 0 Å². The first-order valence-corrected chi connectivity index (χ1v) is 4.00. The second-order valence-electron chi connectivity index (χ2n) is 3.00. The van der Waals surface area contributed by atoms with E-state index in [-0.39, 0.29) is 0 Å². The minimum atomic E-state index is 0.778. The molecule has 0 spiro atoms. The van der Waals surface area contributed by atoms with Crippen LogP contribution in [0.5, 0.6) is 0 Å². The molecule has 0 heterocycles. The van der Waals surface area contributed by atoms with Crippen LogP contribution in [0.4, 0.5) is 0 Å². The second-order valence-corrected chi connectivity index (χ2v) is 11.0. The van der Waals surface area contributed by atoms with Crippen LogP contribution in [0, 0.1) is 0 Å². The van der Waals surface area contributed by atoms with Crippen LogP contribution >= 0.6 is 0 Å². The molecule has 0 radical (unpaired) electrons. The lowest BCUT2D eigenvalue weighted by atomic mass is 10.5. The second kappa shape index (κ2) is 1.26. The van der Waals surface area contributed by atoms with Crippen LogP contribution in [-0.4, -0.2) is 20.5 Å². The molecule has 32 valence electrons. The molecule has 0 aliphatic rings. The predicted molar refractivity (Wildman–Crippen MR) is 33.9 cm³/mol. The number of hydrogen-bond acceptors (Lipinski definition) is 0. The molecule has 0 nitrogen and oxygen atoms in total. The van der Waals surface area contributed by atoms with Gasteiger partial charge in [-0.05, 0) is 0 Å². The zero-order chi connectivity index (χ0) is 4.50. The van der Waals surface area contributed by atoms with Gasteiger partial charge >= 0.3 is 0 Å². The van der Waals surface area contributed by atoms with Crippen LogP contribution in [0.2, 0.25) is 4.66 Å². The van der Waals surface area contributed by atoms with E-state index in [2.05, 4.69) is 13.8 Å². The molecule has 0 saturated heterocycles. The summed E-state index contributed by atoms with van der Waals surface area (Å²) in [6, 6.07) is 0. The predicted octanol–water partition coefficient (Wildman–Crippen LogP) is -1.13. The molecule has 0 aromatic rings. The first kappa shape index (κ1) is 5.43. The van der Waals surface area contributed by atoms with Gasteiger partial charge in [-0.2, -0.15) is 0 Å². The maximum Gasteiger partial charge on any atom is 0.00554 e. The highest BCUT2D eigenvalue weighted by Crippen LogP contribution is 2.07. The SMILES string of the molecule is CC(C)([SiH3])[SiH3]. The lowest BCUT2D eigenvalue weighted by Gasteiger charge is -2.04. The van der Waals surface area contributed by atoms with Gasteiger partial charge in [0.15, 0.2) is 0 Å². The highest BCUT2D eigenvalue weighted by Gasteiger charge is 1.96. The fourth-order valence-corrected chi connectivity index (χ4v) is 0. The number of hydrogen-bond donors (Lipinski definition) is 0. The monoisotopic (exact) mass is 104 g/mol. The van der Waals surface area contributed by atoms with Gasteiger partial charge in [-0.3, -0.25) is 0 Å². The van der Waals surface area contributed by atoms with Crippen LogP contribution in [0.1, 0.15) is 13.8 Å². The summed E-state index contributed by atoms with van der Waals surface area (Å²) in [5.41, 5.74) is 0. The quantitative estimate of drug-likeness (QED) is 0.341. The average Bonchev–Trinajstić information content (AvgIpc) is 0.722. The Morgan fingerprint density at radius 1 is 1.20 bits per heavy atom. The smallest absolute Gasteiger partial charge is 0.00554 e. The highest BCUT2D eigenvalue weighted by atomic mass is 28.2. The van der Waals surface area contributed by atoms with Crippen molar-refractivity contribution in [2.45, 2.75) is 18.5 Å². The van der Waals surface area contributed by atoms with Crippen molar-refractivity contribution in [3.63, 3.8) is 0 Å². The Balaban J connectivity index is 3.02. The molecule has 0 aromatic carbocycles. The van der Waals surface area contributed by atoms with Crippen molar-refractivity contribution in [3.8, 4) is 0 Å². The van der Waals surface area contributed by atoms with Gasteiger partial charge in [-0.15, -0.1) is 0 Å². The van der Waals surface area contributed by atoms with Crippen LogP contribution in [0.15, 0.2) is 0 Å². The Kier molecular flexibility index (Phi) is 1.37. The Hall–Kier alpha value is 0.434. The molecule has 0 unspecified atom stereocenters. The highest BCUT2D eigenvalue weighted by molar-refractivity contribution is 6.39. The minimum absolute atomic E-state index is 0.778. The molecule has 0 atom stereocenters. The van der Waals surface area contributed by atoms with E-state index in [0.717, 1.165) is 4.66 Å². The summed E-state index contributed by atoms with van der Waals surface area (Å²) in [4.78, 5) is 0. The molecule has 0 N–H and O–H groups in total. The molecular formula is C3H12Si2. The molecule has 0 rings (SSSR count). The van der Waals surface area contributed by atoms with Crippen molar-refractivity contribution in [2.75, 3.05) is 0 Å². The third-order valence-electron chi connectivity index (χ3n) is 0. The van der Waals surface area contributed by atoms with Crippen molar-refractivity contribution in [1.82, 2.24) is 0 Å². The van der Waals surface area contributed by atoms with E-state index in [0.29, 0.717) is 0 Å². The van der Waals surface area contributed by atoms with Crippen LogP contribution in [0.25, 0.3) is 0 Å². The zero-order valence-electron chi connectivity index (χ0n) is 4.50. The lowest BCUT2D eigenvalue weighted by molar-refractivity contribution is 0.971. The molecule has 0 saturated carbocycles. The Morgan fingerprint density at radius 2 is 1.20 bits per heavy atom. The average molecular weight is 104 g/mol. The van der Waals surface area contributed by atoms with Crippen molar-refractivity contribution in [1.29, 1.82) is 0 Å². The van der Waals surface area contributed by atoms with Gasteiger partial charge in [0.05, 0.1) is 0 Å². The standard InChI is InChI=1S/C3H12Si2/c1-3(2,4)5/h1-2,4-5H3. The summed E-state index contributed by atoms with van der Waals surface area (Å²) < 4.78 is 0.778. The summed E-state index contributed by atoms with van der Waals surface area (Å²) in [7, 11) is 2.74. The van der Waals surface area contributed by atoms with Gasteiger partial charge in [-0.25, -0.2) is 0 Å². The molecule has 5 heavy (non-hydrogen) atoms. The molecule has 0 bridgehead atoms. The largest absolute Gasteiger partial charge is 0.0664 e. The van der Waals surface area contributed by atoms with Crippen LogP contribution < -0.4 is 0 Å². The topological polar surface area (TPSA) is 0 Å². The number of rotatable bonds is 0. The molecule has 0 aromatic heterocycles. The van der Waals surface area contributed by atoms with Gasteiger partial charge in [0.25, 0.3) is 0 Å². The summed E-state index contributed by atoms with van der Waals surface area (Å²) in [6.45, 7) is 4.62. The lowest BCUT2D eigenvalue weighted by Crippen LogP contribution is -1.98. The van der Waals surface area contributed by atoms with Gasteiger partial charge in [-0.1, -0.05) is 18.5 Å². The van der Waals surface area contributed by atoms with Crippen molar-refractivity contribution < 1.29 is 0 Å². The third-order valence-corrected chi connectivity index (χ3v) is 0. The molecule has 0 amide bonds. The van der Waals surface area contributed by atoms with E-state index in [9.17, 15) is 0 Å². The zero-order valence-corrected chi connectivity index (χ0v) is 8.50. The van der Waals surface area contributed by atoms with Crippen LogP contribution in [-0.2, 0) is 0 Å². The van der Waals surface area contributed by atoms with Gasteiger partial charge in [0.1, 0.15) is 0 Å². The van der Waals surface area contributed by atoms with Crippen molar-refractivity contribution in [3.05, 3.63) is 0 Å². The summed E-state index contributed by atoms with van der Waals surface area (Å²) in [6.07, 6.45) is 0. The van der Waals surface area contributed by atoms with Gasteiger partial charge in [0.2, 0.25) is 0 Å². The maximum absolute atomic E-state index is 2.31. The normalized spacial score (nSPS) is 13.2. The Morgan fingerprint density at radius 3 is 1.20 bits per heavy atom. The molecular weight excluding hydrogens is 92.2 g/mol. The van der Waals surface area contributed by atoms with Crippen LogP contribution in [0.3, 0.4) is 0 Å². The summed E-state index contributed by atoms with van der Waals surface area (Å²) >= 11 is 0. The Bertz CT molecular complexity index is 20.4. The van der Waals surface area contributed by atoms with E-state index in [1.54, 1.807) is 0 Å². The van der Waals surface area contributed by atoms with E-state index in [1.165, 1.54) is 20.5 Å². The fraction of sp³-hybridized carbons (Fsp3) is 1.00. The first-order chi connectivity index (χ1) is 2.00. The first-order valence-electron chi connectivity index (χ1n) is 2.00. The van der Waals surface area contributed by atoms with E-state index in [1.807, 2.05) is 0 Å². The third kappa shape index (κ3) is 140. The summed E-state index contributed by atoms with van der Waals surface area (Å²) in [5, 5.41) is 0. The van der Waals surface area contributed by atoms with E-state index in [4.69, 9.17) is 0 Å². The maximum atomic E-state index is 2.31. The van der Waals surface area contributed by atoms with E-state index >= 15 is 0 Å². The van der Waals surface area contributed by atoms with E-state index < -0.39 is 0 Å². The van der Waals surface area contributed by atoms with Gasteiger partial charge in [0, 0.05) is 20.5 Å². The minimum Gasteiger partial charge on any atom is -0.0664 e.